The van der Waals surface area contributed by atoms with E-state index in [0.29, 0.717) is 28.6 Å². The highest BCUT2D eigenvalue weighted by Gasteiger charge is 2.22. The van der Waals surface area contributed by atoms with Crippen molar-refractivity contribution in [2.45, 2.75) is 6.54 Å². The zero-order valence-electron chi connectivity index (χ0n) is 26.1. The lowest BCUT2D eigenvalue weighted by Gasteiger charge is -2.35. The largest absolute Gasteiger partial charge is 0.760 e. The van der Waals surface area contributed by atoms with Gasteiger partial charge in [-0.25, -0.2) is 19.4 Å². The fourth-order valence-electron chi connectivity index (χ4n) is 5.64. The second-order valence-electron chi connectivity index (χ2n) is 11.4. The van der Waals surface area contributed by atoms with Gasteiger partial charge in [0.15, 0.2) is 5.82 Å². The third-order valence-electron chi connectivity index (χ3n) is 8.20. The van der Waals surface area contributed by atoms with Gasteiger partial charge in [-0.1, -0.05) is 36.4 Å². The van der Waals surface area contributed by atoms with Crippen LogP contribution in [0.5, 0.6) is 0 Å². The molecule has 0 amide bonds. The Bertz CT molecular complexity index is 2010. The van der Waals surface area contributed by atoms with Crippen LogP contribution in [-0.4, -0.2) is 84.0 Å². The number of nitrogens with zero attached hydrogens (tertiary/aromatic N) is 8. The van der Waals surface area contributed by atoms with Crippen LogP contribution in [0.15, 0.2) is 101 Å². The zero-order valence-corrected chi connectivity index (χ0v) is 28.5. The summed E-state index contributed by atoms with van der Waals surface area (Å²) in [6.45, 7) is 4.62. The Hall–Kier alpha value is -4.67. The molecule has 13 nitrogen and oxygen atoms in total. The molecule has 7 rings (SSSR count). The first-order chi connectivity index (χ1) is 23.4. The molecular formula is C33H33BrN11O2S-. The highest BCUT2D eigenvalue weighted by atomic mass is 79.9. The molecule has 5 aromatic rings. The molecule has 2 aliphatic heterocycles. The van der Waals surface area contributed by atoms with E-state index in [9.17, 15) is 8.76 Å². The standard InChI is InChI=1S/C33H34BrN11O2S/c1-42-15-17-43(18-16-42)30-13-14-44(22-36-30)32-26-12-11-24(19-29(26)45(41-32)25-8-3-2-4-9-25)38-33-35-21-27(34)31(40-33)39-28-10-6-5-7-23(28)20-37-48(46)47/h2-14,19,21,37H,15-18,20,22H2,1H3,(H,46,47)(H2,35,38,39,40)/p-1. The Labute approximate surface area is 288 Å². The smallest absolute Gasteiger partial charge is 0.229 e. The number of amidine groups is 1. The Kier molecular flexibility index (Phi) is 9.45. The number of hydrogen-bond acceptors (Lipinski definition) is 11. The fraction of sp³-hybridized carbons (Fsp3) is 0.212. The van der Waals surface area contributed by atoms with Crippen molar-refractivity contribution in [1.29, 1.82) is 0 Å². The molecule has 0 spiro atoms. The van der Waals surface area contributed by atoms with Crippen LogP contribution >= 0.6 is 15.9 Å². The lowest BCUT2D eigenvalue weighted by Crippen LogP contribution is -2.47. The molecule has 1 unspecified atom stereocenters. The quantitative estimate of drug-likeness (QED) is 0.180. The third-order valence-corrected chi connectivity index (χ3v) is 9.16. The highest BCUT2D eigenvalue weighted by molar-refractivity contribution is 9.10. The minimum Gasteiger partial charge on any atom is -0.760 e. The Morgan fingerprint density at radius 1 is 0.979 bits per heavy atom. The zero-order chi connectivity index (χ0) is 33.0. The van der Waals surface area contributed by atoms with Gasteiger partial charge in [0.25, 0.3) is 0 Å². The van der Waals surface area contributed by atoms with E-state index in [1.165, 1.54) is 0 Å². The molecular weight excluding hydrogens is 694 g/mol. The van der Waals surface area contributed by atoms with Gasteiger partial charge < -0.3 is 29.9 Å². The highest BCUT2D eigenvalue weighted by Crippen LogP contribution is 2.33. The molecule has 2 aliphatic rings. The van der Waals surface area contributed by atoms with E-state index < -0.39 is 11.3 Å². The maximum absolute atomic E-state index is 11.1. The molecule has 48 heavy (non-hydrogen) atoms. The number of aliphatic imine (C=N–C) groups is 1. The Morgan fingerprint density at radius 2 is 1.77 bits per heavy atom. The summed E-state index contributed by atoms with van der Waals surface area (Å²) in [5.74, 6) is 2.74. The number of aromatic nitrogens is 4. The lowest BCUT2D eigenvalue weighted by molar-refractivity contribution is 0.215. The van der Waals surface area contributed by atoms with E-state index in [0.717, 1.165) is 65.7 Å². The average Bonchev–Trinajstić information content (AvgIpc) is 3.49. The summed E-state index contributed by atoms with van der Waals surface area (Å²) in [6, 6.07) is 23.5. The van der Waals surface area contributed by atoms with Crippen molar-refractivity contribution in [3.63, 3.8) is 0 Å². The topological polar surface area (TPSA) is 142 Å². The molecule has 0 bridgehead atoms. The Morgan fingerprint density at radius 3 is 2.54 bits per heavy atom. The van der Waals surface area contributed by atoms with Gasteiger partial charge in [-0.3, -0.25) is 4.21 Å². The second-order valence-corrected chi connectivity index (χ2v) is 13.0. The van der Waals surface area contributed by atoms with Gasteiger partial charge in [-0.05, 0) is 71.0 Å². The number of para-hydroxylation sites is 2. The number of fused-ring (bicyclic) bond motifs is 1. The molecule has 3 aromatic carbocycles. The number of benzene rings is 3. The van der Waals surface area contributed by atoms with Crippen molar-refractivity contribution in [3.8, 4) is 5.69 Å². The van der Waals surface area contributed by atoms with E-state index in [2.05, 4.69) is 70.3 Å². The van der Waals surface area contributed by atoms with Crippen molar-refractivity contribution in [1.82, 2.24) is 34.3 Å². The van der Waals surface area contributed by atoms with Crippen LogP contribution in [-0.2, 0) is 17.8 Å². The van der Waals surface area contributed by atoms with Crippen molar-refractivity contribution >= 4 is 72.9 Å². The van der Waals surface area contributed by atoms with Crippen LogP contribution in [0.3, 0.4) is 0 Å². The molecule has 1 saturated heterocycles. The minimum absolute atomic E-state index is 0.140. The molecule has 246 valence electrons. The number of nitrogens with one attached hydrogen (secondary N) is 3. The summed E-state index contributed by atoms with van der Waals surface area (Å²) in [4.78, 5) is 20.9. The summed E-state index contributed by atoms with van der Waals surface area (Å²) in [5.41, 5.74) is 4.12. The normalized spacial score (nSPS) is 15.9. The number of anilines is 5. The van der Waals surface area contributed by atoms with Gasteiger partial charge in [0.05, 0.1) is 15.7 Å². The van der Waals surface area contributed by atoms with Crippen LogP contribution in [0.4, 0.5) is 29.0 Å². The molecule has 1 fully saturated rings. The van der Waals surface area contributed by atoms with Gasteiger partial charge in [-0.15, -0.1) is 5.10 Å². The van der Waals surface area contributed by atoms with E-state index in [1.54, 1.807) is 6.20 Å². The SMILES string of the molecule is CN1CCN(C2=NCN(c3nn(-c4ccccc4)c4cc(Nc5ncc(Br)c(Nc6ccccc6CNS(=O)[O-])n5)ccc34)C=C2)CC1. The second kappa shape index (κ2) is 14.2. The van der Waals surface area contributed by atoms with Crippen molar-refractivity contribution in [2.75, 3.05) is 55.4 Å². The lowest BCUT2D eigenvalue weighted by atomic mass is 10.2. The minimum atomic E-state index is -2.37. The average molecular weight is 728 g/mol. The van der Waals surface area contributed by atoms with Gasteiger partial charge in [0, 0.05) is 73.1 Å². The van der Waals surface area contributed by atoms with Crippen LogP contribution < -0.4 is 20.3 Å². The summed E-state index contributed by atoms with van der Waals surface area (Å²) in [6.07, 6.45) is 5.81. The Balaban J connectivity index is 1.15. The molecule has 1 atom stereocenters. The van der Waals surface area contributed by atoms with Gasteiger partial charge in [-0.2, -0.15) is 4.98 Å². The predicted molar refractivity (Wildman–Crippen MR) is 193 cm³/mol. The molecule has 0 radical (unpaired) electrons. The molecule has 15 heteroatoms. The summed E-state index contributed by atoms with van der Waals surface area (Å²) >= 11 is 1.16. The number of likely N-dealkylation sites (N-methyl/N-ethyl adjacent to an activating group) is 1. The van der Waals surface area contributed by atoms with Crippen molar-refractivity contribution in [3.05, 3.63) is 101 Å². The number of halogens is 1. The van der Waals surface area contributed by atoms with Crippen LogP contribution in [0, 0.1) is 0 Å². The van der Waals surface area contributed by atoms with E-state index >= 15 is 0 Å². The molecule has 2 aromatic heterocycles. The molecule has 4 heterocycles. The van der Waals surface area contributed by atoms with Crippen LogP contribution in [0.25, 0.3) is 16.6 Å². The summed E-state index contributed by atoms with van der Waals surface area (Å²) < 4.78 is 27.1. The first kappa shape index (κ1) is 31.9. The van der Waals surface area contributed by atoms with Crippen molar-refractivity contribution in [2.24, 2.45) is 4.99 Å². The van der Waals surface area contributed by atoms with Crippen LogP contribution in [0.2, 0.25) is 0 Å². The predicted octanol–water partition coefficient (Wildman–Crippen LogP) is 4.89. The van der Waals surface area contributed by atoms with E-state index in [4.69, 9.17) is 15.1 Å². The monoisotopic (exact) mass is 726 g/mol. The van der Waals surface area contributed by atoms with E-state index in [1.807, 2.05) is 77.5 Å². The number of rotatable bonds is 9. The van der Waals surface area contributed by atoms with E-state index in [-0.39, 0.29) is 6.54 Å². The fourth-order valence-corrected chi connectivity index (χ4v) is 6.21. The molecule has 3 N–H and O–H groups in total. The molecule has 0 saturated carbocycles. The first-order valence-corrected chi connectivity index (χ1v) is 17.3. The first-order valence-electron chi connectivity index (χ1n) is 15.4. The summed E-state index contributed by atoms with van der Waals surface area (Å²) in [5, 5.41) is 12.7. The third kappa shape index (κ3) is 7.10. The van der Waals surface area contributed by atoms with Gasteiger partial charge in [0.2, 0.25) is 5.95 Å². The molecule has 0 aliphatic carbocycles. The van der Waals surface area contributed by atoms with Crippen LogP contribution in [0.1, 0.15) is 5.56 Å². The number of piperazine rings is 1. The summed E-state index contributed by atoms with van der Waals surface area (Å²) in [7, 11) is 2.15. The van der Waals surface area contributed by atoms with Gasteiger partial charge >= 0.3 is 0 Å². The maximum atomic E-state index is 11.1. The van der Waals surface area contributed by atoms with Gasteiger partial charge in [0.1, 0.15) is 18.3 Å². The number of hydrogen-bond donors (Lipinski definition) is 3. The maximum Gasteiger partial charge on any atom is 0.229 e. The van der Waals surface area contributed by atoms with Crippen molar-refractivity contribution < 1.29 is 8.76 Å².